The summed E-state index contributed by atoms with van der Waals surface area (Å²) in [7, 11) is 7.08. The highest BCUT2D eigenvalue weighted by Gasteiger charge is 2.23. The molecule has 8 heteroatoms. The molecule has 34 heavy (non-hydrogen) atoms. The largest absolute Gasteiger partial charge is 0.497 e. The number of H-pyrrole nitrogens is 1. The van der Waals surface area contributed by atoms with Crippen LogP contribution in [0.3, 0.4) is 0 Å². The number of fused-ring (bicyclic) bond motifs is 2. The van der Waals surface area contributed by atoms with Gasteiger partial charge in [0.05, 0.1) is 19.2 Å². The molecule has 1 aliphatic rings. The minimum absolute atomic E-state index is 0.182. The average Bonchev–Trinajstić information content (AvgIpc) is 2.84. The molecule has 4 rings (SSSR count). The fourth-order valence-electron chi connectivity index (χ4n) is 4.47. The highest BCUT2D eigenvalue weighted by Crippen LogP contribution is 2.27. The maximum atomic E-state index is 13.6. The number of amides is 1. The van der Waals surface area contributed by atoms with Gasteiger partial charge in [-0.2, -0.15) is 0 Å². The zero-order valence-corrected chi connectivity index (χ0v) is 20.3. The summed E-state index contributed by atoms with van der Waals surface area (Å²) in [4.78, 5) is 37.8. The molecule has 0 atom stereocenters. The number of pyridine rings is 2. The van der Waals surface area contributed by atoms with E-state index < -0.39 is 0 Å². The number of nitrogens with one attached hydrogen (secondary N) is 1. The molecule has 3 aromatic rings. The number of ether oxygens (including phenoxy) is 2. The van der Waals surface area contributed by atoms with Crippen LogP contribution in [-0.4, -0.2) is 62.2 Å². The normalized spacial score (nSPS) is 12.9. The zero-order valence-electron chi connectivity index (χ0n) is 20.3. The molecule has 2 aromatic heterocycles. The van der Waals surface area contributed by atoms with Crippen molar-refractivity contribution in [3.8, 4) is 5.75 Å². The minimum atomic E-state index is -0.329. The second-order valence-corrected chi connectivity index (χ2v) is 8.87. The molecular weight excluding hydrogens is 432 g/mol. The topological polar surface area (TPSA) is 87.8 Å². The van der Waals surface area contributed by atoms with E-state index in [1.807, 2.05) is 43.3 Å². The fraction of sp³-hybridized carbons (Fsp3) is 0.423. The Morgan fingerprint density at radius 2 is 1.91 bits per heavy atom. The first kappa shape index (κ1) is 23.8. The van der Waals surface area contributed by atoms with Crippen molar-refractivity contribution in [1.29, 1.82) is 0 Å². The van der Waals surface area contributed by atoms with Gasteiger partial charge >= 0.3 is 0 Å². The van der Waals surface area contributed by atoms with Crippen molar-refractivity contribution in [3.05, 3.63) is 63.1 Å². The maximum absolute atomic E-state index is 13.6. The van der Waals surface area contributed by atoms with Gasteiger partial charge in [-0.3, -0.25) is 9.59 Å². The zero-order chi connectivity index (χ0) is 24.2. The molecule has 0 radical (unpaired) electrons. The predicted octanol–water partition coefficient (Wildman–Crippen LogP) is 3.17. The number of aromatic nitrogens is 2. The van der Waals surface area contributed by atoms with Gasteiger partial charge in [0.25, 0.3) is 11.5 Å². The Bertz CT molecular complexity index is 1250. The highest BCUT2D eigenvalue weighted by atomic mass is 16.5. The third-order valence-corrected chi connectivity index (χ3v) is 6.29. The lowest BCUT2D eigenvalue weighted by Crippen LogP contribution is -2.37. The lowest BCUT2D eigenvalue weighted by atomic mass is 9.95. The van der Waals surface area contributed by atoms with Crippen molar-refractivity contribution >= 4 is 22.6 Å². The van der Waals surface area contributed by atoms with Gasteiger partial charge in [-0.1, -0.05) is 0 Å². The number of hydrogen-bond acceptors (Lipinski definition) is 6. The Morgan fingerprint density at radius 1 is 1.12 bits per heavy atom. The number of hydrogen-bond donors (Lipinski definition) is 1. The van der Waals surface area contributed by atoms with Gasteiger partial charge in [0.1, 0.15) is 17.1 Å². The quantitative estimate of drug-likeness (QED) is 0.551. The van der Waals surface area contributed by atoms with E-state index in [-0.39, 0.29) is 17.0 Å². The Kier molecular flexibility index (Phi) is 7.17. The number of nitrogens with zero attached hydrogens (tertiary/aromatic N) is 3. The van der Waals surface area contributed by atoms with E-state index in [0.29, 0.717) is 19.7 Å². The van der Waals surface area contributed by atoms with Crippen LogP contribution in [0.2, 0.25) is 0 Å². The van der Waals surface area contributed by atoms with Gasteiger partial charge < -0.3 is 24.3 Å². The summed E-state index contributed by atoms with van der Waals surface area (Å²) in [5.41, 5.74) is 3.58. The van der Waals surface area contributed by atoms with Crippen LogP contribution in [0.5, 0.6) is 5.75 Å². The van der Waals surface area contributed by atoms with Gasteiger partial charge in [-0.25, -0.2) is 4.98 Å². The first-order chi connectivity index (χ1) is 16.4. The molecule has 180 valence electrons. The number of aromatic amines is 1. The SMILES string of the molecule is COCCN(Cc1cc2ccc(OC)cc2nc1N(C)C)C(=O)c1cc2c([nH]c1=O)CCCC2. The number of carbonyl (C=O) groups excluding carboxylic acids is 1. The van der Waals surface area contributed by atoms with E-state index in [9.17, 15) is 9.59 Å². The smallest absolute Gasteiger partial charge is 0.261 e. The Labute approximate surface area is 199 Å². The van der Waals surface area contributed by atoms with Crippen molar-refractivity contribution in [1.82, 2.24) is 14.9 Å². The summed E-state index contributed by atoms with van der Waals surface area (Å²) in [6.45, 7) is 1.03. The van der Waals surface area contributed by atoms with Crippen molar-refractivity contribution < 1.29 is 14.3 Å². The van der Waals surface area contributed by atoms with Crippen LogP contribution in [0.25, 0.3) is 10.9 Å². The number of aryl methyl sites for hydroxylation is 2. The summed E-state index contributed by atoms with van der Waals surface area (Å²) in [6.07, 6.45) is 3.86. The molecule has 0 unspecified atom stereocenters. The molecule has 2 heterocycles. The molecule has 0 fully saturated rings. The van der Waals surface area contributed by atoms with Gasteiger partial charge in [-0.15, -0.1) is 0 Å². The second-order valence-electron chi connectivity index (χ2n) is 8.87. The van der Waals surface area contributed by atoms with E-state index in [4.69, 9.17) is 14.5 Å². The molecule has 1 aliphatic carbocycles. The Hall–Kier alpha value is -3.39. The van der Waals surface area contributed by atoms with E-state index in [2.05, 4.69) is 4.98 Å². The summed E-state index contributed by atoms with van der Waals surface area (Å²) in [6, 6.07) is 9.57. The van der Waals surface area contributed by atoms with Crippen LogP contribution < -0.4 is 15.2 Å². The van der Waals surface area contributed by atoms with E-state index >= 15 is 0 Å². The number of methoxy groups -OCH3 is 2. The van der Waals surface area contributed by atoms with Crippen LogP contribution >= 0.6 is 0 Å². The molecule has 1 aromatic carbocycles. The molecule has 0 spiro atoms. The summed E-state index contributed by atoms with van der Waals surface area (Å²) in [5.74, 6) is 1.20. The van der Waals surface area contributed by atoms with Gasteiger partial charge in [0.2, 0.25) is 0 Å². The Balaban J connectivity index is 1.72. The first-order valence-electron chi connectivity index (χ1n) is 11.6. The van der Waals surface area contributed by atoms with Gasteiger partial charge in [0.15, 0.2) is 0 Å². The molecule has 0 saturated heterocycles. The van der Waals surface area contributed by atoms with Gasteiger partial charge in [-0.05, 0) is 55.5 Å². The van der Waals surface area contributed by atoms with E-state index in [0.717, 1.165) is 65.0 Å². The predicted molar refractivity (Wildman–Crippen MR) is 133 cm³/mol. The van der Waals surface area contributed by atoms with Crippen LogP contribution in [0.1, 0.15) is 40.0 Å². The lowest BCUT2D eigenvalue weighted by molar-refractivity contribution is 0.0678. The van der Waals surface area contributed by atoms with Crippen molar-refractivity contribution in [2.45, 2.75) is 32.2 Å². The highest BCUT2D eigenvalue weighted by molar-refractivity contribution is 5.94. The number of benzene rings is 1. The van der Waals surface area contributed by atoms with Crippen LogP contribution in [-0.2, 0) is 24.1 Å². The van der Waals surface area contributed by atoms with E-state index in [1.54, 1.807) is 25.2 Å². The maximum Gasteiger partial charge on any atom is 0.261 e. The minimum Gasteiger partial charge on any atom is -0.497 e. The molecule has 8 nitrogen and oxygen atoms in total. The third kappa shape index (κ3) is 4.92. The lowest BCUT2D eigenvalue weighted by Gasteiger charge is -2.26. The first-order valence-corrected chi connectivity index (χ1v) is 11.6. The third-order valence-electron chi connectivity index (χ3n) is 6.29. The van der Waals surface area contributed by atoms with Crippen LogP contribution in [0.15, 0.2) is 35.1 Å². The van der Waals surface area contributed by atoms with E-state index in [1.165, 1.54) is 0 Å². The molecule has 0 bridgehead atoms. The molecule has 1 N–H and O–H groups in total. The standard InChI is InChI=1S/C26H32N4O4/c1-29(2)24-19(13-18-9-10-20(34-4)15-23(18)27-24)16-30(11-12-33-3)26(32)21-14-17-7-5-6-8-22(17)28-25(21)31/h9-10,13-15H,5-8,11-12,16H2,1-4H3,(H,28,31). The molecule has 0 saturated carbocycles. The monoisotopic (exact) mass is 464 g/mol. The molecule has 1 amide bonds. The summed E-state index contributed by atoms with van der Waals surface area (Å²) < 4.78 is 10.6. The number of anilines is 1. The average molecular weight is 465 g/mol. The van der Waals surface area contributed by atoms with Crippen LogP contribution in [0.4, 0.5) is 5.82 Å². The molecule has 0 aliphatic heterocycles. The summed E-state index contributed by atoms with van der Waals surface area (Å²) in [5, 5.41) is 0.951. The number of carbonyl (C=O) groups is 1. The second kappa shape index (κ2) is 10.3. The molecular formula is C26H32N4O4. The number of rotatable bonds is 8. The van der Waals surface area contributed by atoms with Gasteiger partial charge in [0, 0.05) is 57.0 Å². The van der Waals surface area contributed by atoms with Crippen molar-refractivity contribution in [2.24, 2.45) is 0 Å². The fourth-order valence-corrected chi connectivity index (χ4v) is 4.47. The summed E-state index contributed by atoms with van der Waals surface area (Å²) >= 11 is 0. The van der Waals surface area contributed by atoms with Crippen molar-refractivity contribution in [2.75, 3.05) is 46.4 Å². The Morgan fingerprint density at radius 3 is 2.65 bits per heavy atom. The van der Waals surface area contributed by atoms with Crippen LogP contribution in [0, 0.1) is 0 Å². The van der Waals surface area contributed by atoms with Crippen molar-refractivity contribution in [3.63, 3.8) is 0 Å².